The fourth-order valence-corrected chi connectivity index (χ4v) is 3.01. The van der Waals surface area contributed by atoms with Gasteiger partial charge in [0.25, 0.3) is 5.91 Å². The van der Waals surface area contributed by atoms with Gasteiger partial charge in [-0.05, 0) is 13.8 Å². The average molecular weight is 322 g/mol. The molecule has 0 aliphatic rings. The van der Waals surface area contributed by atoms with Gasteiger partial charge in [-0.1, -0.05) is 0 Å². The summed E-state index contributed by atoms with van der Waals surface area (Å²) < 4.78 is 1.87. The maximum atomic E-state index is 12.6. The second kappa shape index (κ2) is 7.02. The summed E-state index contributed by atoms with van der Waals surface area (Å²) >= 11 is 1.58. The summed E-state index contributed by atoms with van der Waals surface area (Å²) in [4.78, 5) is 19.9. The number of aryl methyl sites for hydroxylation is 2. The molecule has 0 aliphatic carbocycles. The highest BCUT2D eigenvalue weighted by molar-refractivity contribution is 7.09. The number of carbonyl (C=O) groups excluding carboxylic acids is 1. The molecule has 7 heteroatoms. The summed E-state index contributed by atoms with van der Waals surface area (Å²) in [5.74, 6) is 0.137. The Kier molecular flexibility index (Phi) is 5.31. The molecule has 0 saturated carbocycles. The fourth-order valence-electron chi connectivity index (χ4n) is 2.38. The minimum atomic E-state index is 0.137. The molecule has 0 saturated heterocycles. The molecule has 6 nitrogen and oxygen atoms in total. The fraction of sp³-hybridized carbons (Fsp3) is 0.533. The topological polar surface area (TPSA) is 55.5 Å². The van der Waals surface area contributed by atoms with Gasteiger partial charge in [-0.3, -0.25) is 9.48 Å². The first kappa shape index (κ1) is 16.6. The number of hydrogen-bond donors (Lipinski definition) is 1. The summed E-state index contributed by atoms with van der Waals surface area (Å²) in [7, 11) is 5.91. The quantitative estimate of drug-likeness (QED) is 0.825. The summed E-state index contributed by atoms with van der Waals surface area (Å²) in [5, 5.41) is 7.34. The maximum absolute atomic E-state index is 12.6. The average Bonchev–Trinajstić information content (AvgIpc) is 3.01. The Morgan fingerprint density at radius 2 is 2.09 bits per heavy atom. The van der Waals surface area contributed by atoms with Crippen LogP contribution in [0.5, 0.6) is 0 Å². The minimum absolute atomic E-state index is 0.137. The molecule has 0 atom stereocenters. The van der Waals surface area contributed by atoms with Crippen molar-refractivity contribution >= 4 is 17.2 Å². The summed E-state index contributed by atoms with van der Waals surface area (Å²) in [6, 6.07) is 0. The largest absolute Gasteiger partial charge is 0.332 e. The lowest BCUT2D eigenvalue weighted by Crippen LogP contribution is -3.07. The Morgan fingerprint density at radius 3 is 2.59 bits per heavy atom. The first-order valence-corrected chi connectivity index (χ1v) is 8.20. The zero-order valence-electron chi connectivity index (χ0n) is 13.9. The van der Waals surface area contributed by atoms with Crippen LogP contribution in [0, 0.1) is 13.8 Å². The van der Waals surface area contributed by atoms with E-state index in [0.29, 0.717) is 19.6 Å². The van der Waals surface area contributed by atoms with E-state index in [1.54, 1.807) is 17.5 Å². The van der Waals surface area contributed by atoms with E-state index in [4.69, 9.17) is 0 Å². The van der Waals surface area contributed by atoms with Gasteiger partial charge in [-0.15, -0.1) is 11.3 Å². The molecule has 0 fully saturated rings. The van der Waals surface area contributed by atoms with Crippen molar-refractivity contribution in [1.29, 1.82) is 0 Å². The van der Waals surface area contributed by atoms with E-state index in [1.165, 1.54) is 0 Å². The molecular formula is C15H24N5OS+. The molecule has 0 spiro atoms. The lowest BCUT2D eigenvalue weighted by Gasteiger charge is -2.22. The number of nitrogens with zero attached hydrogens (tertiary/aromatic N) is 4. The van der Waals surface area contributed by atoms with Crippen molar-refractivity contribution in [1.82, 2.24) is 19.7 Å². The molecule has 0 bridgehead atoms. The van der Waals surface area contributed by atoms with Crippen LogP contribution in [-0.2, 0) is 24.9 Å². The van der Waals surface area contributed by atoms with Gasteiger partial charge >= 0.3 is 0 Å². The van der Waals surface area contributed by atoms with Gasteiger partial charge in [0.05, 0.1) is 26.3 Å². The zero-order chi connectivity index (χ0) is 16.3. The maximum Gasteiger partial charge on any atom is 0.278 e. The molecule has 2 aromatic rings. The number of likely N-dealkylation sites (N-methyl/N-ethyl adjacent to an activating group) is 1. The second-order valence-corrected chi connectivity index (χ2v) is 6.81. The van der Waals surface area contributed by atoms with Crippen molar-refractivity contribution in [3.05, 3.63) is 33.5 Å². The molecule has 0 unspecified atom stereocenters. The molecule has 0 radical (unpaired) electrons. The number of quaternary nitrogens is 1. The Morgan fingerprint density at radius 1 is 1.36 bits per heavy atom. The van der Waals surface area contributed by atoms with E-state index in [9.17, 15) is 4.79 Å². The summed E-state index contributed by atoms with van der Waals surface area (Å²) in [6.45, 7) is 5.64. The minimum Gasteiger partial charge on any atom is -0.332 e. The molecule has 2 aromatic heterocycles. The van der Waals surface area contributed by atoms with Crippen LogP contribution < -0.4 is 4.90 Å². The summed E-state index contributed by atoms with van der Waals surface area (Å²) in [6.07, 6.45) is 1.78. The van der Waals surface area contributed by atoms with Crippen LogP contribution in [0.2, 0.25) is 0 Å². The first-order valence-electron chi connectivity index (χ1n) is 7.32. The third-order valence-electron chi connectivity index (χ3n) is 3.67. The zero-order valence-corrected chi connectivity index (χ0v) is 14.7. The SMILES string of the molecule is Cc1nn(C)c(C)c1CN(Cc1nccs1)C(=O)C[NH+](C)C. The third-order valence-corrected chi connectivity index (χ3v) is 4.44. The van der Waals surface area contributed by atoms with Crippen LogP contribution >= 0.6 is 11.3 Å². The number of hydrogen-bond acceptors (Lipinski definition) is 4. The smallest absolute Gasteiger partial charge is 0.278 e. The van der Waals surface area contributed by atoms with Gasteiger partial charge in [-0.25, -0.2) is 4.98 Å². The molecule has 0 aromatic carbocycles. The number of rotatable bonds is 6. The molecule has 0 aliphatic heterocycles. The number of aromatic nitrogens is 3. The predicted molar refractivity (Wildman–Crippen MR) is 86.7 cm³/mol. The third kappa shape index (κ3) is 3.92. The molecule has 1 amide bonds. The number of amides is 1. The van der Waals surface area contributed by atoms with Crippen LogP contribution in [0.4, 0.5) is 0 Å². The van der Waals surface area contributed by atoms with E-state index in [1.807, 2.05) is 50.0 Å². The van der Waals surface area contributed by atoms with Crippen molar-refractivity contribution in [2.24, 2.45) is 7.05 Å². The van der Waals surface area contributed by atoms with Gasteiger partial charge in [-0.2, -0.15) is 5.10 Å². The van der Waals surface area contributed by atoms with Gasteiger partial charge in [0.2, 0.25) is 0 Å². The van der Waals surface area contributed by atoms with Crippen LogP contribution in [0.3, 0.4) is 0 Å². The van der Waals surface area contributed by atoms with E-state index in [-0.39, 0.29) is 5.91 Å². The summed E-state index contributed by atoms with van der Waals surface area (Å²) in [5.41, 5.74) is 3.21. The van der Waals surface area contributed by atoms with Crippen LogP contribution in [-0.4, -0.2) is 46.2 Å². The Bertz CT molecular complexity index is 633. The van der Waals surface area contributed by atoms with Crippen molar-refractivity contribution in [3.63, 3.8) is 0 Å². The van der Waals surface area contributed by atoms with Crippen molar-refractivity contribution < 1.29 is 9.69 Å². The monoisotopic (exact) mass is 322 g/mol. The first-order chi connectivity index (χ1) is 10.4. The standard InChI is InChI=1S/C15H23N5OS/c1-11-13(12(2)19(5)17-11)8-20(15(21)10-18(3)4)9-14-16-6-7-22-14/h6-7H,8-10H2,1-5H3/p+1. The Hall–Kier alpha value is -1.73. The highest BCUT2D eigenvalue weighted by atomic mass is 32.1. The molecular weight excluding hydrogens is 298 g/mol. The van der Waals surface area contributed by atoms with E-state index in [0.717, 1.165) is 26.9 Å². The molecule has 120 valence electrons. The highest BCUT2D eigenvalue weighted by Crippen LogP contribution is 2.17. The number of nitrogens with one attached hydrogen (secondary N) is 1. The van der Waals surface area contributed by atoms with Crippen molar-refractivity contribution in [3.8, 4) is 0 Å². The van der Waals surface area contributed by atoms with Crippen LogP contribution in [0.25, 0.3) is 0 Å². The molecule has 1 N–H and O–H groups in total. The molecule has 2 rings (SSSR count). The highest BCUT2D eigenvalue weighted by Gasteiger charge is 2.21. The normalized spacial score (nSPS) is 11.2. The Labute approximate surface area is 135 Å². The van der Waals surface area contributed by atoms with E-state index in [2.05, 4.69) is 10.1 Å². The lowest BCUT2D eigenvalue weighted by atomic mass is 10.2. The van der Waals surface area contributed by atoms with Gasteiger partial charge < -0.3 is 9.80 Å². The van der Waals surface area contributed by atoms with E-state index < -0.39 is 0 Å². The predicted octanol–water partition coefficient (Wildman–Crippen LogP) is 0.167. The number of thiazole rings is 1. The van der Waals surface area contributed by atoms with E-state index >= 15 is 0 Å². The van der Waals surface area contributed by atoms with Crippen LogP contribution in [0.15, 0.2) is 11.6 Å². The second-order valence-electron chi connectivity index (χ2n) is 5.83. The van der Waals surface area contributed by atoms with Crippen molar-refractivity contribution in [2.45, 2.75) is 26.9 Å². The molecule has 22 heavy (non-hydrogen) atoms. The van der Waals surface area contributed by atoms with Gasteiger partial charge in [0.1, 0.15) is 5.01 Å². The Balaban J connectivity index is 2.21. The van der Waals surface area contributed by atoms with Gasteiger partial charge in [0, 0.05) is 36.4 Å². The lowest BCUT2D eigenvalue weighted by molar-refractivity contribution is -0.849. The molecule has 2 heterocycles. The van der Waals surface area contributed by atoms with Crippen molar-refractivity contribution in [2.75, 3.05) is 20.6 Å². The number of carbonyl (C=O) groups is 1. The van der Waals surface area contributed by atoms with Crippen LogP contribution in [0.1, 0.15) is 22.0 Å². The van der Waals surface area contributed by atoms with Gasteiger partial charge in [0.15, 0.2) is 6.54 Å².